The molecule has 0 aliphatic carbocycles. The lowest BCUT2D eigenvalue weighted by molar-refractivity contribution is -0.154. The van der Waals surface area contributed by atoms with Crippen LogP contribution in [0.2, 0.25) is 0 Å². The Morgan fingerprint density at radius 1 is 1.18 bits per heavy atom. The summed E-state index contributed by atoms with van der Waals surface area (Å²) in [5.74, 6) is -1.29. The zero-order chi connectivity index (χ0) is 25.1. The lowest BCUT2D eigenvalue weighted by Crippen LogP contribution is -2.28. The summed E-state index contributed by atoms with van der Waals surface area (Å²) in [5.41, 5.74) is 2.63. The highest BCUT2D eigenvalue weighted by Gasteiger charge is 2.36. The Labute approximate surface area is 208 Å². The molecule has 1 N–H and O–H groups in total. The fourth-order valence-corrected chi connectivity index (χ4v) is 3.59. The van der Waals surface area contributed by atoms with Gasteiger partial charge in [-0.2, -0.15) is 0 Å². The van der Waals surface area contributed by atoms with Crippen LogP contribution in [0, 0.1) is 6.92 Å². The van der Waals surface area contributed by atoms with Gasteiger partial charge >= 0.3 is 11.9 Å². The normalized spacial score (nSPS) is 14.0. The van der Waals surface area contributed by atoms with Gasteiger partial charge in [0.15, 0.2) is 0 Å². The molecule has 10 heteroatoms. The van der Waals surface area contributed by atoms with Gasteiger partial charge in [-0.15, -0.1) is 0 Å². The number of allylic oxidation sites excluding steroid dienone is 2. The minimum Gasteiger partial charge on any atom is -0.496 e. The van der Waals surface area contributed by atoms with Crippen LogP contribution in [0.1, 0.15) is 67.6 Å². The summed E-state index contributed by atoms with van der Waals surface area (Å²) in [4.78, 5) is 36.9. The van der Waals surface area contributed by atoms with Crippen LogP contribution >= 0.6 is 34.8 Å². The fourth-order valence-electron chi connectivity index (χ4n) is 3.45. The van der Waals surface area contributed by atoms with Crippen LogP contribution in [0.3, 0.4) is 0 Å². The van der Waals surface area contributed by atoms with E-state index in [0.717, 1.165) is 11.1 Å². The Hall–Kier alpha value is -1.96. The maximum atomic E-state index is 12.5. The number of hydrogen-bond acceptors (Lipinski definition) is 6. The molecular weight excluding hydrogens is 493 g/mol. The van der Waals surface area contributed by atoms with E-state index in [2.05, 4.69) is 5.32 Å². The molecule has 1 heterocycles. The minimum absolute atomic E-state index is 0.0536. The number of benzene rings is 1. The summed E-state index contributed by atoms with van der Waals surface area (Å²) < 4.78 is 13.9. The van der Waals surface area contributed by atoms with E-state index in [-0.39, 0.29) is 30.2 Å². The van der Waals surface area contributed by atoms with Gasteiger partial charge < -0.3 is 19.5 Å². The van der Waals surface area contributed by atoms with Gasteiger partial charge in [0.05, 0.1) is 18.4 Å². The molecule has 1 aliphatic rings. The number of ether oxygens (including phenoxy) is 3. The smallest absolute Gasteiger partial charge is 0.341 e. The van der Waals surface area contributed by atoms with Gasteiger partial charge in [0.1, 0.15) is 18.0 Å². The van der Waals surface area contributed by atoms with Crippen molar-refractivity contribution in [2.24, 2.45) is 0 Å². The van der Waals surface area contributed by atoms with Gasteiger partial charge in [-0.05, 0) is 53.0 Å². The molecule has 0 unspecified atom stereocenters. The van der Waals surface area contributed by atoms with Gasteiger partial charge in [0.25, 0.3) is 9.70 Å². The van der Waals surface area contributed by atoms with Crippen LogP contribution in [0.25, 0.3) is 0 Å². The molecule has 182 valence electrons. The molecule has 0 saturated carbocycles. The van der Waals surface area contributed by atoms with Gasteiger partial charge in [0, 0.05) is 17.5 Å². The monoisotopic (exact) mass is 519 g/mol. The molecule has 1 aromatic carbocycles. The van der Waals surface area contributed by atoms with E-state index in [4.69, 9.17) is 49.0 Å². The number of alkyl halides is 3. The van der Waals surface area contributed by atoms with Crippen LogP contribution in [0.4, 0.5) is 5.69 Å². The number of carbonyl (C=O) groups excluding carboxylic acids is 3. The Morgan fingerprint density at radius 3 is 2.36 bits per heavy atom. The molecule has 0 bridgehead atoms. The molecule has 2 rings (SSSR count). The Kier molecular flexibility index (Phi) is 8.71. The summed E-state index contributed by atoms with van der Waals surface area (Å²) >= 11 is 17.2. The second-order valence-corrected chi connectivity index (χ2v) is 11.0. The van der Waals surface area contributed by atoms with E-state index >= 15 is 0 Å². The second-order valence-electron chi connectivity index (χ2n) is 8.73. The van der Waals surface area contributed by atoms with Gasteiger partial charge in [-0.25, -0.2) is 4.79 Å². The van der Waals surface area contributed by atoms with Crippen molar-refractivity contribution >= 4 is 58.3 Å². The summed E-state index contributed by atoms with van der Waals surface area (Å²) in [6.07, 6.45) is 2.89. The van der Waals surface area contributed by atoms with Crippen LogP contribution < -0.4 is 10.1 Å². The number of esters is 2. The molecule has 1 amide bonds. The lowest BCUT2D eigenvalue weighted by Gasteiger charge is -2.21. The number of rotatable bonds is 7. The maximum Gasteiger partial charge on any atom is 0.341 e. The van der Waals surface area contributed by atoms with E-state index in [0.29, 0.717) is 29.7 Å². The SMILES string of the molecule is COc1c(C)c2c(c(NC(=O)C(Cl)(Cl)Cl)c1C/C=C(\C)CCC(=O)OC(C)(C)C)C(=O)OC2. The second kappa shape index (κ2) is 10.5. The third kappa shape index (κ3) is 7.01. The third-order valence-corrected chi connectivity index (χ3v) is 5.49. The topological polar surface area (TPSA) is 90.9 Å². The predicted molar refractivity (Wildman–Crippen MR) is 128 cm³/mol. The highest BCUT2D eigenvalue weighted by molar-refractivity contribution is 6.76. The lowest BCUT2D eigenvalue weighted by atomic mass is 9.93. The molecule has 0 fully saturated rings. The first-order chi connectivity index (χ1) is 15.2. The number of hydrogen-bond donors (Lipinski definition) is 1. The molecule has 1 aromatic rings. The first-order valence-corrected chi connectivity index (χ1v) is 11.4. The number of halogens is 3. The molecule has 0 atom stereocenters. The standard InChI is InChI=1S/C23H28Cl3NO6/c1-12(8-10-16(28)33-22(3,4)5)7-9-14-18(27-21(30)23(24,25)26)17-15(11-32-20(17)29)13(2)19(14)31-6/h7H,8-11H2,1-6H3,(H,27,30)/b12-7+. The van der Waals surface area contributed by atoms with Crippen LogP contribution in [-0.2, 0) is 32.1 Å². The molecule has 7 nitrogen and oxygen atoms in total. The maximum absolute atomic E-state index is 12.5. The van der Waals surface area contributed by atoms with Crippen LogP contribution in [0.5, 0.6) is 5.75 Å². The largest absolute Gasteiger partial charge is 0.496 e. The summed E-state index contributed by atoms with van der Waals surface area (Å²) in [6.45, 7) is 9.18. The third-order valence-electron chi connectivity index (χ3n) is 4.97. The van der Waals surface area contributed by atoms with E-state index in [9.17, 15) is 14.4 Å². The van der Waals surface area contributed by atoms with Gasteiger partial charge in [-0.1, -0.05) is 46.5 Å². The summed E-state index contributed by atoms with van der Waals surface area (Å²) in [7, 11) is 1.50. The zero-order valence-corrected chi connectivity index (χ0v) is 21.8. The number of amides is 1. The highest BCUT2D eigenvalue weighted by atomic mass is 35.6. The Morgan fingerprint density at radius 2 is 1.82 bits per heavy atom. The number of anilines is 1. The van der Waals surface area contributed by atoms with E-state index in [1.165, 1.54) is 7.11 Å². The Balaban J connectivity index is 2.40. The fraction of sp³-hybridized carbons (Fsp3) is 0.522. The average Bonchev–Trinajstić information content (AvgIpc) is 3.06. The van der Waals surface area contributed by atoms with Gasteiger partial charge in [0.2, 0.25) is 0 Å². The predicted octanol–water partition coefficient (Wildman–Crippen LogP) is 5.59. The van der Waals surface area contributed by atoms with Crippen molar-refractivity contribution < 1.29 is 28.6 Å². The number of methoxy groups -OCH3 is 1. The number of fused-ring (bicyclic) bond motifs is 1. The number of carbonyl (C=O) groups is 3. The molecule has 1 aliphatic heterocycles. The number of nitrogens with one attached hydrogen (secondary N) is 1. The van der Waals surface area contributed by atoms with Crippen molar-refractivity contribution in [2.75, 3.05) is 12.4 Å². The summed E-state index contributed by atoms with van der Waals surface area (Å²) in [6, 6.07) is 0. The van der Waals surface area contributed by atoms with Crippen molar-refractivity contribution in [3.63, 3.8) is 0 Å². The van der Waals surface area contributed by atoms with Crippen molar-refractivity contribution in [3.8, 4) is 5.75 Å². The molecule has 0 radical (unpaired) electrons. The van der Waals surface area contributed by atoms with Crippen molar-refractivity contribution in [3.05, 3.63) is 33.9 Å². The highest BCUT2D eigenvalue weighted by Crippen LogP contribution is 2.42. The zero-order valence-electron chi connectivity index (χ0n) is 19.5. The van der Waals surface area contributed by atoms with Crippen molar-refractivity contribution in [1.29, 1.82) is 0 Å². The first kappa shape index (κ1) is 27.3. The minimum atomic E-state index is -2.23. The van der Waals surface area contributed by atoms with Crippen LogP contribution in [0.15, 0.2) is 11.6 Å². The van der Waals surface area contributed by atoms with E-state index in [1.807, 2.05) is 40.7 Å². The molecule has 0 aromatic heterocycles. The number of cyclic esters (lactones) is 1. The molecule has 0 saturated heterocycles. The van der Waals surface area contributed by atoms with Gasteiger partial charge in [-0.3, -0.25) is 9.59 Å². The van der Waals surface area contributed by atoms with Crippen LogP contribution in [-0.4, -0.2) is 34.3 Å². The van der Waals surface area contributed by atoms with Crippen molar-refractivity contribution in [2.45, 2.75) is 69.9 Å². The quantitative estimate of drug-likeness (QED) is 0.286. The van der Waals surface area contributed by atoms with Crippen molar-refractivity contribution in [1.82, 2.24) is 0 Å². The first-order valence-electron chi connectivity index (χ1n) is 10.3. The van der Waals surface area contributed by atoms with E-state index in [1.54, 1.807) is 0 Å². The Bertz CT molecular complexity index is 990. The molecule has 33 heavy (non-hydrogen) atoms. The molecule has 0 spiro atoms. The molecular formula is C23H28Cl3NO6. The average molecular weight is 521 g/mol. The summed E-state index contributed by atoms with van der Waals surface area (Å²) in [5, 5.41) is 2.56. The van der Waals surface area contributed by atoms with E-state index < -0.39 is 21.3 Å².